The first-order valence-corrected chi connectivity index (χ1v) is 12.2. The van der Waals surface area contributed by atoms with Crippen LogP contribution in [0.5, 0.6) is 0 Å². The van der Waals surface area contributed by atoms with Crippen LogP contribution in [-0.2, 0) is 9.53 Å². The predicted molar refractivity (Wildman–Crippen MR) is 146 cm³/mol. The Bertz CT molecular complexity index is 1130. The summed E-state index contributed by atoms with van der Waals surface area (Å²) in [6.45, 7) is 7.91. The lowest BCUT2D eigenvalue weighted by molar-refractivity contribution is -0.149. The van der Waals surface area contributed by atoms with Crippen molar-refractivity contribution in [2.24, 2.45) is 5.92 Å². The Balaban J connectivity index is 1.75. The topological polar surface area (TPSA) is 29.5 Å². The monoisotopic (exact) mass is 463 g/mol. The van der Waals surface area contributed by atoms with Crippen molar-refractivity contribution in [1.82, 2.24) is 0 Å². The largest absolute Gasteiger partial charge is 0.461 e. The summed E-state index contributed by atoms with van der Waals surface area (Å²) < 4.78 is 5.70. The zero-order chi connectivity index (χ0) is 24.8. The van der Waals surface area contributed by atoms with Crippen LogP contribution in [0.4, 0.5) is 11.4 Å². The van der Waals surface area contributed by atoms with Crippen LogP contribution in [0.2, 0.25) is 0 Å². The molecule has 0 aliphatic rings. The highest BCUT2D eigenvalue weighted by atomic mass is 16.5. The van der Waals surface area contributed by atoms with Crippen LogP contribution < -0.4 is 4.90 Å². The second-order valence-electron chi connectivity index (χ2n) is 9.37. The maximum Gasteiger partial charge on any atom is 0.329 e. The lowest BCUT2D eigenvalue weighted by Gasteiger charge is -2.35. The lowest BCUT2D eigenvalue weighted by atomic mass is 9.98. The molecule has 4 aromatic rings. The molecule has 4 aromatic carbocycles. The fourth-order valence-electron chi connectivity index (χ4n) is 4.34. The predicted octanol–water partition coefficient (Wildman–Crippen LogP) is 8.13. The third-order valence-corrected chi connectivity index (χ3v) is 6.01. The molecular formula is C32H33NO2. The van der Waals surface area contributed by atoms with E-state index in [2.05, 4.69) is 91.5 Å². The molecule has 35 heavy (non-hydrogen) atoms. The molecule has 1 atom stereocenters. The van der Waals surface area contributed by atoms with E-state index in [1.807, 2.05) is 50.2 Å². The van der Waals surface area contributed by atoms with Gasteiger partial charge in [0, 0.05) is 11.4 Å². The summed E-state index contributed by atoms with van der Waals surface area (Å²) in [5, 5.41) is 0. The van der Waals surface area contributed by atoms with Crippen molar-refractivity contribution in [3.63, 3.8) is 0 Å². The van der Waals surface area contributed by atoms with Gasteiger partial charge in [-0.05, 0) is 66.3 Å². The highest BCUT2D eigenvalue weighted by molar-refractivity contribution is 5.85. The fourth-order valence-corrected chi connectivity index (χ4v) is 4.34. The Kier molecular flexibility index (Phi) is 7.67. The number of carbonyl (C=O) groups is 1. The minimum atomic E-state index is -0.456. The van der Waals surface area contributed by atoms with Gasteiger partial charge in [0.15, 0.2) is 0 Å². The molecule has 0 N–H and O–H groups in total. The quantitative estimate of drug-likeness (QED) is 0.247. The summed E-state index contributed by atoms with van der Waals surface area (Å²) >= 11 is 0. The first kappa shape index (κ1) is 24.3. The van der Waals surface area contributed by atoms with E-state index in [4.69, 9.17) is 4.74 Å². The second-order valence-corrected chi connectivity index (χ2v) is 9.37. The third kappa shape index (κ3) is 5.81. The van der Waals surface area contributed by atoms with Crippen LogP contribution in [-0.4, -0.2) is 18.1 Å². The number of benzene rings is 4. The first-order valence-electron chi connectivity index (χ1n) is 12.2. The highest BCUT2D eigenvalue weighted by Gasteiger charge is 2.32. The van der Waals surface area contributed by atoms with Crippen LogP contribution in [0.3, 0.4) is 0 Å². The van der Waals surface area contributed by atoms with Gasteiger partial charge in [-0.3, -0.25) is 0 Å². The average molecular weight is 464 g/mol. The number of ether oxygens (including phenoxy) is 1. The molecule has 0 spiro atoms. The molecule has 0 radical (unpaired) electrons. The third-order valence-electron chi connectivity index (χ3n) is 6.01. The number of hydrogen-bond donors (Lipinski definition) is 0. The van der Waals surface area contributed by atoms with Crippen LogP contribution in [0, 0.1) is 5.92 Å². The highest BCUT2D eigenvalue weighted by Crippen LogP contribution is 2.34. The molecule has 0 aliphatic heterocycles. The normalized spacial score (nSPS) is 11.9. The Hall–Kier alpha value is -3.85. The van der Waals surface area contributed by atoms with Gasteiger partial charge < -0.3 is 9.64 Å². The molecule has 1 unspecified atom stereocenters. The van der Waals surface area contributed by atoms with E-state index in [1.165, 1.54) is 0 Å². The summed E-state index contributed by atoms with van der Waals surface area (Å²) in [4.78, 5) is 15.4. The summed E-state index contributed by atoms with van der Waals surface area (Å²) in [6.07, 6.45) is -0.175. The van der Waals surface area contributed by atoms with Gasteiger partial charge in [0.2, 0.25) is 0 Å². The molecule has 3 heteroatoms. The Morgan fingerprint density at radius 2 is 0.943 bits per heavy atom. The van der Waals surface area contributed by atoms with Gasteiger partial charge in [-0.15, -0.1) is 0 Å². The van der Waals surface area contributed by atoms with Gasteiger partial charge in [0.1, 0.15) is 6.04 Å². The summed E-state index contributed by atoms with van der Waals surface area (Å²) in [7, 11) is 0. The van der Waals surface area contributed by atoms with Crippen LogP contribution in [0.1, 0.15) is 27.7 Å². The molecule has 0 saturated heterocycles. The Labute approximate surface area is 209 Å². The number of carbonyl (C=O) groups excluding carboxylic acids is 1. The number of nitrogens with zero attached hydrogens (tertiary/aromatic N) is 1. The smallest absolute Gasteiger partial charge is 0.329 e. The van der Waals surface area contributed by atoms with E-state index in [0.717, 1.165) is 33.6 Å². The van der Waals surface area contributed by atoms with Crippen LogP contribution >= 0.6 is 0 Å². The molecule has 0 aromatic heterocycles. The van der Waals surface area contributed by atoms with Gasteiger partial charge in [0.05, 0.1) is 6.10 Å². The Morgan fingerprint density at radius 1 is 0.571 bits per heavy atom. The fraction of sp³-hybridized carbons (Fsp3) is 0.219. The van der Waals surface area contributed by atoms with Gasteiger partial charge in [-0.25, -0.2) is 4.79 Å². The number of rotatable bonds is 8. The van der Waals surface area contributed by atoms with Gasteiger partial charge >= 0.3 is 5.97 Å². The number of hydrogen-bond acceptors (Lipinski definition) is 3. The molecule has 0 fully saturated rings. The van der Waals surface area contributed by atoms with Crippen molar-refractivity contribution < 1.29 is 9.53 Å². The van der Waals surface area contributed by atoms with E-state index >= 15 is 0 Å². The van der Waals surface area contributed by atoms with Gasteiger partial charge in [0.25, 0.3) is 0 Å². The molecular weight excluding hydrogens is 430 g/mol. The van der Waals surface area contributed by atoms with Gasteiger partial charge in [-0.1, -0.05) is 98.8 Å². The zero-order valence-corrected chi connectivity index (χ0v) is 20.9. The lowest BCUT2D eigenvalue weighted by Crippen LogP contribution is -2.44. The van der Waals surface area contributed by atoms with Crippen LogP contribution in [0.15, 0.2) is 109 Å². The Morgan fingerprint density at radius 3 is 1.29 bits per heavy atom. The van der Waals surface area contributed by atoms with Gasteiger partial charge in [-0.2, -0.15) is 0 Å². The van der Waals surface area contributed by atoms with Crippen molar-refractivity contribution in [3.8, 4) is 22.3 Å². The minimum absolute atomic E-state index is 0.0452. The molecule has 0 bridgehead atoms. The molecule has 0 amide bonds. The minimum Gasteiger partial charge on any atom is -0.461 e. The molecule has 0 saturated carbocycles. The van der Waals surface area contributed by atoms with Crippen molar-refractivity contribution >= 4 is 17.3 Å². The second kappa shape index (κ2) is 11.1. The standard InChI is InChI=1S/C32H33NO2/c1-23(2)31(32(34)35-24(3)4)33(29-19-15-27(16-20-29)25-11-7-5-8-12-25)30-21-17-28(18-22-30)26-13-9-6-10-14-26/h5-24,31H,1-4H3. The maximum absolute atomic E-state index is 13.3. The van der Waals surface area contributed by atoms with Crippen molar-refractivity contribution in [2.75, 3.05) is 4.90 Å². The van der Waals surface area contributed by atoms with Crippen molar-refractivity contribution in [1.29, 1.82) is 0 Å². The molecule has 3 nitrogen and oxygen atoms in total. The van der Waals surface area contributed by atoms with Crippen molar-refractivity contribution in [2.45, 2.75) is 39.8 Å². The van der Waals surface area contributed by atoms with Crippen molar-refractivity contribution in [3.05, 3.63) is 109 Å². The van der Waals surface area contributed by atoms with E-state index in [0.29, 0.717) is 0 Å². The van der Waals surface area contributed by atoms with E-state index < -0.39 is 6.04 Å². The summed E-state index contributed by atoms with van der Waals surface area (Å²) in [6, 6.07) is 37.0. The SMILES string of the molecule is CC(C)OC(=O)C(C(C)C)N(c1ccc(-c2ccccc2)cc1)c1ccc(-c2ccccc2)cc1. The first-order chi connectivity index (χ1) is 16.9. The molecule has 178 valence electrons. The van der Waals surface area contributed by atoms with E-state index in [9.17, 15) is 4.79 Å². The van der Waals surface area contributed by atoms with E-state index in [-0.39, 0.29) is 18.0 Å². The zero-order valence-electron chi connectivity index (χ0n) is 20.9. The molecule has 4 rings (SSSR count). The number of anilines is 2. The maximum atomic E-state index is 13.3. The number of esters is 1. The van der Waals surface area contributed by atoms with Crippen LogP contribution in [0.25, 0.3) is 22.3 Å². The molecule has 0 aliphatic carbocycles. The summed E-state index contributed by atoms with van der Waals surface area (Å²) in [5.74, 6) is -0.168. The molecule has 0 heterocycles. The summed E-state index contributed by atoms with van der Waals surface area (Å²) in [5.41, 5.74) is 6.52. The average Bonchev–Trinajstić information content (AvgIpc) is 2.88. The van der Waals surface area contributed by atoms with E-state index in [1.54, 1.807) is 0 Å².